The molecule has 2 amide bonds. The smallest absolute Gasteiger partial charge is 0.227 e. The van der Waals surface area contributed by atoms with Crippen LogP contribution in [0.1, 0.15) is 19.3 Å². The van der Waals surface area contributed by atoms with Gasteiger partial charge >= 0.3 is 0 Å². The van der Waals surface area contributed by atoms with Crippen LogP contribution < -0.4 is 9.80 Å². The summed E-state index contributed by atoms with van der Waals surface area (Å²) >= 11 is 0. The van der Waals surface area contributed by atoms with E-state index in [0.717, 1.165) is 11.4 Å². The van der Waals surface area contributed by atoms with Gasteiger partial charge < -0.3 is 14.7 Å². The fraction of sp³-hybridized carbons (Fsp3) is 0.348. The van der Waals surface area contributed by atoms with Gasteiger partial charge in [-0.1, -0.05) is 18.2 Å². The van der Waals surface area contributed by atoms with E-state index in [1.807, 2.05) is 30.3 Å². The Hall–Kier alpha value is -3.40. The lowest BCUT2D eigenvalue weighted by atomic mass is 10.2. The van der Waals surface area contributed by atoms with Gasteiger partial charge in [-0.15, -0.1) is 0 Å². The summed E-state index contributed by atoms with van der Waals surface area (Å²) in [5.41, 5.74) is 1.67. The van der Waals surface area contributed by atoms with Gasteiger partial charge in [0.2, 0.25) is 11.8 Å². The van der Waals surface area contributed by atoms with E-state index in [9.17, 15) is 14.0 Å². The average Bonchev–Trinajstić information content (AvgIpc) is 2.79. The molecule has 0 saturated carbocycles. The second-order valence-corrected chi connectivity index (χ2v) is 7.13. The molecule has 30 heavy (non-hydrogen) atoms. The van der Waals surface area contributed by atoms with E-state index in [1.54, 1.807) is 21.9 Å². The lowest BCUT2D eigenvalue weighted by molar-refractivity contribution is -0.133. The molecule has 0 atom stereocenters. The van der Waals surface area contributed by atoms with Crippen LogP contribution >= 0.6 is 0 Å². The van der Waals surface area contributed by atoms with E-state index in [1.165, 1.54) is 12.1 Å². The molecule has 156 valence electrons. The maximum absolute atomic E-state index is 13.1. The maximum Gasteiger partial charge on any atom is 0.227 e. The standard InChI is InChI=1S/C23H25FN4O2/c24-19-7-9-20(10-8-19)26-15-17-27(18-16-26)22(29)11-12-23(30)28(14-4-13-25)21-5-2-1-3-6-21/h1-3,5-10H,4,11-12,14-18H2. The Morgan fingerprint density at radius 3 is 2.27 bits per heavy atom. The molecule has 1 saturated heterocycles. The molecule has 3 rings (SSSR count). The lowest BCUT2D eigenvalue weighted by Crippen LogP contribution is -2.49. The number of anilines is 2. The van der Waals surface area contributed by atoms with Gasteiger partial charge in [0.1, 0.15) is 5.82 Å². The number of rotatable bonds is 7. The summed E-state index contributed by atoms with van der Waals surface area (Å²) in [6.45, 7) is 2.79. The van der Waals surface area contributed by atoms with Crippen LogP contribution in [0.4, 0.5) is 15.8 Å². The minimum Gasteiger partial charge on any atom is -0.368 e. The van der Waals surface area contributed by atoms with Crippen LogP contribution in [0.15, 0.2) is 54.6 Å². The molecule has 2 aromatic carbocycles. The number of nitriles is 1. The third-order valence-electron chi connectivity index (χ3n) is 5.19. The summed E-state index contributed by atoms with van der Waals surface area (Å²) in [4.78, 5) is 30.8. The third-order valence-corrected chi connectivity index (χ3v) is 5.19. The van der Waals surface area contributed by atoms with Gasteiger partial charge in [0, 0.05) is 56.9 Å². The van der Waals surface area contributed by atoms with Crippen LogP contribution in [-0.4, -0.2) is 49.4 Å². The lowest BCUT2D eigenvalue weighted by Gasteiger charge is -2.36. The fourth-order valence-corrected chi connectivity index (χ4v) is 3.54. The van der Waals surface area contributed by atoms with Crippen molar-refractivity contribution < 1.29 is 14.0 Å². The molecule has 1 fully saturated rings. The van der Waals surface area contributed by atoms with Gasteiger partial charge in [0.15, 0.2) is 0 Å². The fourth-order valence-electron chi connectivity index (χ4n) is 3.54. The zero-order valence-corrected chi connectivity index (χ0v) is 16.8. The first-order valence-corrected chi connectivity index (χ1v) is 10.1. The second-order valence-electron chi connectivity index (χ2n) is 7.13. The molecule has 0 bridgehead atoms. The zero-order chi connectivity index (χ0) is 21.3. The summed E-state index contributed by atoms with van der Waals surface area (Å²) in [5, 5.41) is 8.88. The van der Waals surface area contributed by atoms with E-state index in [-0.39, 0.29) is 36.9 Å². The van der Waals surface area contributed by atoms with Gasteiger partial charge in [0.05, 0.1) is 12.5 Å². The van der Waals surface area contributed by atoms with Crippen molar-refractivity contribution >= 4 is 23.2 Å². The zero-order valence-electron chi connectivity index (χ0n) is 16.8. The molecule has 1 aliphatic rings. The molecule has 0 aromatic heterocycles. The number of carbonyl (C=O) groups excluding carboxylic acids is 2. The molecule has 0 spiro atoms. The Labute approximate surface area is 176 Å². The van der Waals surface area contributed by atoms with E-state index < -0.39 is 0 Å². The first-order chi connectivity index (χ1) is 14.6. The van der Waals surface area contributed by atoms with E-state index in [2.05, 4.69) is 11.0 Å². The Morgan fingerprint density at radius 2 is 1.63 bits per heavy atom. The van der Waals surface area contributed by atoms with Crippen molar-refractivity contribution in [2.45, 2.75) is 19.3 Å². The predicted octanol–water partition coefficient (Wildman–Crippen LogP) is 3.20. The van der Waals surface area contributed by atoms with Crippen molar-refractivity contribution in [2.24, 2.45) is 0 Å². The van der Waals surface area contributed by atoms with E-state index >= 15 is 0 Å². The summed E-state index contributed by atoms with van der Waals surface area (Å²) in [6, 6.07) is 17.6. The summed E-state index contributed by atoms with van der Waals surface area (Å²) in [6.07, 6.45) is 0.489. The minimum absolute atomic E-state index is 0.0459. The first kappa shape index (κ1) is 21.3. The molecular weight excluding hydrogens is 383 g/mol. The first-order valence-electron chi connectivity index (χ1n) is 10.1. The Balaban J connectivity index is 1.50. The Kier molecular flexibility index (Phi) is 7.39. The number of hydrogen-bond donors (Lipinski definition) is 0. The molecule has 6 nitrogen and oxygen atoms in total. The van der Waals surface area contributed by atoms with Crippen molar-refractivity contribution in [3.8, 4) is 6.07 Å². The van der Waals surface area contributed by atoms with Crippen molar-refractivity contribution in [3.05, 3.63) is 60.4 Å². The number of benzene rings is 2. The molecule has 0 radical (unpaired) electrons. The molecule has 0 aliphatic carbocycles. The van der Waals surface area contributed by atoms with Crippen LogP contribution in [-0.2, 0) is 9.59 Å². The third kappa shape index (κ3) is 5.57. The molecule has 1 heterocycles. The van der Waals surface area contributed by atoms with E-state index in [0.29, 0.717) is 32.7 Å². The van der Waals surface area contributed by atoms with Crippen LogP contribution in [0.5, 0.6) is 0 Å². The summed E-state index contributed by atoms with van der Waals surface area (Å²) in [5.74, 6) is -0.471. The predicted molar refractivity (Wildman–Crippen MR) is 113 cm³/mol. The number of hydrogen-bond acceptors (Lipinski definition) is 4. The van der Waals surface area contributed by atoms with Crippen molar-refractivity contribution in [1.82, 2.24) is 4.90 Å². The quantitative estimate of drug-likeness (QED) is 0.706. The van der Waals surface area contributed by atoms with Crippen LogP contribution in [0, 0.1) is 17.1 Å². The molecule has 1 aliphatic heterocycles. The normalized spacial score (nSPS) is 13.6. The number of para-hydroxylation sites is 1. The molecule has 7 heteroatoms. The number of amides is 2. The van der Waals surface area contributed by atoms with Gasteiger partial charge in [-0.3, -0.25) is 9.59 Å². The molecular formula is C23H25FN4O2. The average molecular weight is 408 g/mol. The summed E-state index contributed by atoms with van der Waals surface area (Å²) in [7, 11) is 0. The number of halogens is 1. The van der Waals surface area contributed by atoms with Gasteiger partial charge in [-0.05, 0) is 36.4 Å². The molecule has 0 N–H and O–H groups in total. The highest BCUT2D eigenvalue weighted by atomic mass is 19.1. The van der Waals surface area contributed by atoms with Gasteiger partial charge in [0.25, 0.3) is 0 Å². The maximum atomic E-state index is 13.1. The monoisotopic (exact) mass is 408 g/mol. The van der Waals surface area contributed by atoms with Crippen LogP contribution in [0.3, 0.4) is 0 Å². The number of carbonyl (C=O) groups is 2. The molecule has 0 unspecified atom stereocenters. The highest BCUT2D eigenvalue weighted by Gasteiger charge is 2.23. The molecule has 2 aromatic rings. The van der Waals surface area contributed by atoms with Gasteiger partial charge in [-0.2, -0.15) is 5.26 Å². The van der Waals surface area contributed by atoms with Crippen molar-refractivity contribution in [1.29, 1.82) is 5.26 Å². The van der Waals surface area contributed by atoms with Crippen LogP contribution in [0.25, 0.3) is 0 Å². The number of piperazine rings is 1. The van der Waals surface area contributed by atoms with Crippen molar-refractivity contribution in [3.63, 3.8) is 0 Å². The number of nitrogens with zero attached hydrogens (tertiary/aromatic N) is 4. The SMILES string of the molecule is N#CCCN(C(=O)CCC(=O)N1CCN(c2ccc(F)cc2)CC1)c1ccccc1. The second kappa shape index (κ2) is 10.4. The van der Waals surface area contributed by atoms with Gasteiger partial charge in [-0.25, -0.2) is 4.39 Å². The minimum atomic E-state index is -0.267. The summed E-state index contributed by atoms with van der Waals surface area (Å²) < 4.78 is 13.1. The van der Waals surface area contributed by atoms with Crippen LogP contribution in [0.2, 0.25) is 0 Å². The van der Waals surface area contributed by atoms with E-state index in [4.69, 9.17) is 5.26 Å². The van der Waals surface area contributed by atoms with Crippen molar-refractivity contribution in [2.75, 3.05) is 42.5 Å². The Morgan fingerprint density at radius 1 is 0.967 bits per heavy atom. The highest BCUT2D eigenvalue weighted by molar-refractivity contribution is 5.95. The Bertz CT molecular complexity index is 888. The highest BCUT2D eigenvalue weighted by Crippen LogP contribution is 2.18. The topological polar surface area (TPSA) is 67.6 Å². The largest absolute Gasteiger partial charge is 0.368 e.